The molecule has 0 aromatic heterocycles. The maximum atomic E-state index is 11.9. The summed E-state index contributed by atoms with van der Waals surface area (Å²) >= 11 is 1.80. The average Bonchev–Trinajstić information content (AvgIpc) is 2.33. The summed E-state index contributed by atoms with van der Waals surface area (Å²) in [7, 11) is 0. The van der Waals surface area contributed by atoms with Gasteiger partial charge in [0.1, 0.15) is 0 Å². The smallest absolute Gasteiger partial charge is 0.237 e. The molecule has 0 bridgehead atoms. The summed E-state index contributed by atoms with van der Waals surface area (Å²) in [6.07, 6.45) is 4.26. The van der Waals surface area contributed by atoms with Crippen molar-refractivity contribution < 1.29 is 4.79 Å². The first kappa shape index (κ1) is 11.9. The Bertz CT molecular complexity index is 227. The SMILES string of the molecule is CCCCC1(CC)SC(C)(C)NC1=O. The third-order valence-corrected chi connectivity index (χ3v) is 4.47. The van der Waals surface area contributed by atoms with Crippen LogP contribution in [0.5, 0.6) is 0 Å². The Morgan fingerprint density at radius 1 is 1.36 bits per heavy atom. The Labute approximate surface area is 91.2 Å². The minimum absolute atomic E-state index is 0.0825. The van der Waals surface area contributed by atoms with Gasteiger partial charge in [0.05, 0.1) is 9.62 Å². The lowest BCUT2D eigenvalue weighted by atomic mass is 9.97. The van der Waals surface area contributed by atoms with Gasteiger partial charge >= 0.3 is 0 Å². The highest BCUT2D eigenvalue weighted by Gasteiger charge is 2.49. The third-order valence-electron chi connectivity index (χ3n) is 2.78. The molecule has 1 saturated heterocycles. The maximum absolute atomic E-state index is 11.9. The molecule has 1 aliphatic rings. The van der Waals surface area contributed by atoms with Gasteiger partial charge in [-0.25, -0.2) is 0 Å². The van der Waals surface area contributed by atoms with Crippen LogP contribution in [0.4, 0.5) is 0 Å². The normalized spacial score (nSPS) is 30.4. The molecule has 1 atom stereocenters. The second-order valence-corrected chi connectivity index (χ2v) is 6.52. The lowest BCUT2D eigenvalue weighted by Gasteiger charge is -2.25. The first-order chi connectivity index (χ1) is 6.46. The highest BCUT2D eigenvalue weighted by Crippen LogP contribution is 2.46. The molecule has 1 amide bonds. The molecule has 14 heavy (non-hydrogen) atoms. The Hall–Kier alpha value is -0.180. The summed E-state index contributed by atoms with van der Waals surface area (Å²) in [5.41, 5.74) is 0. The van der Waals surface area contributed by atoms with Gasteiger partial charge in [0.15, 0.2) is 0 Å². The zero-order valence-electron chi connectivity index (χ0n) is 9.64. The minimum Gasteiger partial charge on any atom is -0.341 e. The molecule has 0 aliphatic carbocycles. The van der Waals surface area contributed by atoms with E-state index in [9.17, 15) is 4.79 Å². The zero-order valence-corrected chi connectivity index (χ0v) is 10.5. The van der Waals surface area contributed by atoms with Gasteiger partial charge in [0.2, 0.25) is 5.91 Å². The molecule has 0 spiro atoms. The van der Waals surface area contributed by atoms with Crippen LogP contribution in [0, 0.1) is 0 Å². The fraction of sp³-hybridized carbons (Fsp3) is 0.909. The van der Waals surface area contributed by atoms with Gasteiger partial charge in [0.25, 0.3) is 0 Å². The van der Waals surface area contributed by atoms with Crippen LogP contribution in [0.25, 0.3) is 0 Å². The molecular formula is C11H21NOS. The zero-order chi connectivity index (χ0) is 10.8. The molecule has 1 aliphatic heterocycles. The molecule has 1 heterocycles. The van der Waals surface area contributed by atoms with E-state index in [-0.39, 0.29) is 15.5 Å². The van der Waals surface area contributed by atoms with Crippen molar-refractivity contribution in [3.63, 3.8) is 0 Å². The van der Waals surface area contributed by atoms with Crippen LogP contribution in [0.3, 0.4) is 0 Å². The second-order valence-electron chi connectivity index (χ2n) is 4.52. The van der Waals surface area contributed by atoms with Crippen LogP contribution >= 0.6 is 11.8 Å². The van der Waals surface area contributed by atoms with Crippen molar-refractivity contribution in [1.29, 1.82) is 0 Å². The third kappa shape index (κ3) is 2.25. The van der Waals surface area contributed by atoms with Crippen molar-refractivity contribution in [2.24, 2.45) is 0 Å². The van der Waals surface area contributed by atoms with Crippen molar-refractivity contribution in [3.05, 3.63) is 0 Å². The molecule has 1 unspecified atom stereocenters. The Morgan fingerprint density at radius 2 is 2.00 bits per heavy atom. The van der Waals surface area contributed by atoms with E-state index in [4.69, 9.17) is 0 Å². The fourth-order valence-corrected chi connectivity index (χ4v) is 3.64. The average molecular weight is 215 g/mol. The summed E-state index contributed by atoms with van der Waals surface area (Å²) in [5, 5.41) is 3.07. The number of carbonyl (C=O) groups is 1. The van der Waals surface area contributed by atoms with Gasteiger partial charge in [0, 0.05) is 0 Å². The number of thioether (sulfide) groups is 1. The van der Waals surface area contributed by atoms with Gasteiger partial charge in [-0.1, -0.05) is 26.7 Å². The largest absolute Gasteiger partial charge is 0.341 e. The Morgan fingerprint density at radius 3 is 2.36 bits per heavy atom. The van der Waals surface area contributed by atoms with Gasteiger partial charge in [-0.15, -0.1) is 11.8 Å². The van der Waals surface area contributed by atoms with Crippen molar-refractivity contribution in [3.8, 4) is 0 Å². The highest BCUT2D eigenvalue weighted by molar-refractivity contribution is 8.03. The molecule has 1 rings (SSSR count). The molecule has 0 aromatic rings. The van der Waals surface area contributed by atoms with E-state index in [1.165, 1.54) is 0 Å². The number of carbonyl (C=O) groups excluding carboxylic acids is 1. The lowest BCUT2D eigenvalue weighted by Crippen LogP contribution is -2.38. The summed E-state index contributed by atoms with van der Waals surface area (Å²) < 4.78 is -0.153. The van der Waals surface area contributed by atoms with Crippen LogP contribution in [-0.2, 0) is 4.79 Å². The first-order valence-corrected chi connectivity index (χ1v) is 6.30. The summed E-state index contributed by atoms with van der Waals surface area (Å²) in [6, 6.07) is 0. The van der Waals surface area contributed by atoms with Crippen molar-refractivity contribution in [2.75, 3.05) is 0 Å². The molecule has 0 aromatic carbocycles. The van der Waals surface area contributed by atoms with E-state index >= 15 is 0 Å². The second kappa shape index (κ2) is 4.13. The first-order valence-electron chi connectivity index (χ1n) is 5.48. The number of amides is 1. The minimum atomic E-state index is -0.153. The predicted molar refractivity (Wildman–Crippen MR) is 62.4 cm³/mol. The van der Waals surface area contributed by atoms with Gasteiger partial charge in [-0.05, 0) is 26.7 Å². The molecule has 1 N–H and O–H groups in total. The van der Waals surface area contributed by atoms with E-state index in [0.29, 0.717) is 0 Å². The van der Waals surface area contributed by atoms with Gasteiger partial charge in [-0.3, -0.25) is 4.79 Å². The van der Waals surface area contributed by atoms with Crippen LogP contribution < -0.4 is 5.32 Å². The van der Waals surface area contributed by atoms with Crippen LogP contribution in [0.15, 0.2) is 0 Å². The molecule has 2 nitrogen and oxygen atoms in total. The number of unbranched alkanes of at least 4 members (excludes halogenated alkanes) is 1. The molecule has 3 heteroatoms. The van der Waals surface area contributed by atoms with Gasteiger partial charge in [-0.2, -0.15) is 0 Å². The van der Waals surface area contributed by atoms with Crippen molar-refractivity contribution in [2.45, 2.75) is 63.0 Å². The topological polar surface area (TPSA) is 29.1 Å². The summed E-state index contributed by atoms with van der Waals surface area (Å²) in [6.45, 7) is 8.45. The molecular weight excluding hydrogens is 194 g/mol. The van der Waals surface area contributed by atoms with E-state index in [0.717, 1.165) is 25.7 Å². The summed E-state index contributed by atoms with van der Waals surface area (Å²) in [5.74, 6) is 0.239. The van der Waals surface area contributed by atoms with Gasteiger partial charge < -0.3 is 5.32 Å². The highest BCUT2D eigenvalue weighted by atomic mass is 32.2. The maximum Gasteiger partial charge on any atom is 0.237 e. The van der Waals surface area contributed by atoms with Crippen LogP contribution in [0.1, 0.15) is 53.4 Å². The number of hydrogen-bond donors (Lipinski definition) is 1. The van der Waals surface area contributed by atoms with E-state index in [1.807, 2.05) is 0 Å². The summed E-state index contributed by atoms with van der Waals surface area (Å²) in [4.78, 5) is 11.8. The quantitative estimate of drug-likeness (QED) is 0.781. The van der Waals surface area contributed by atoms with Crippen LogP contribution in [0.2, 0.25) is 0 Å². The monoisotopic (exact) mass is 215 g/mol. The Kier molecular flexibility index (Phi) is 3.51. The van der Waals surface area contributed by atoms with E-state index in [1.54, 1.807) is 11.8 Å². The molecule has 0 saturated carbocycles. The lowest BCUT2D eigenvalue weighted by molar-refractivity contribution is -0.123. The standard InChI is InChI=1S/C11H21NOS/c1-5-7-8-11(6-2)9(13)12-10(3,4)14-11/h5-8H2,1-4H3,(H,12,13). The molecule has 82 valence electrons. The number of nitrogens with one attached hydrogen (secondary N) is 1. The predicted octanol–water partition coefficient (Wildman–Crippen LogP) is 2.92. The van der Waals surface area contributed by atoms with Crippen molar-refractivity contribution in [1.82, 2.24) is 5.32 Å². The number of hydrogen-bond acceptors (Lipinski definition) is 2. The number of rotatable bonds is 4. The van der Waals surface area contributed by atoms with Crippen molar-refractivity contribution >= 4 is 17.7 Å². The molecule has 0 radical (unpaired) electrons. The van der Waals surface area contributed by atoms with Crippen LogP contribution in [-0.4, -0.2) is 15.5 Å². The molecule has 1 fully saturated rings. The Balaban J connectivity index is 2.74. The van der Waals surface area contributed by atoms with E-state index < -0.39 is 0 Å². The fourth-order valence-electron chi connectivity index (χ4n) is 1.98. The van der Waals surface area contributed by atoms with E-state index in [2.05, 4.69) is 33.0 Å².